The van der Waals surface area contributed by atoms with Gasteiger partial charge in [-0.1, -0.05) is 32.8 Å². The van der Waals surface area contributed by atoms with E-state index in [1.807, 2.05) is 31.2 Å². The number of ether oxygens (including phenoxy) is 2. The molecule has 0 fully saturated rings. The summed E-state index contributed by atoms with van der Waals surface area (Å²) < 4.78 is 12.1. The first kappa shape index (κ1) is 24.9. The van der Waals surface area contributed by atoms with Gasteiger partial charge < -0.3 is 14.8 Å². The predicted molar refractivity (Wildman–Crippen MR) is 134 cm³/mol. The molecule has 0 atom stereocenters. The van der Waals surface area contributed by atoms with Crippen LogP contribution in [0.2, 0.25) is 0 Å². The lowest BCUT2D eigenvalue weighted by molar-refractivity contribution is 0.0977. The van der Waals surface area contributed by atoms with Crippen molar-refractivity contribution in [2.45, 2.75) is 39.5 Å². The number of halogens is 1. The molecule has 0 saturated carbocycles. The van der Waals surface area contributed by atoms with E-state index in [9.17, 15) is 4.79 Å². The zero-order valence-electron chi connectivity index (χ0n) is 18.0. The number of carbonyl (C=O) groups excluding carboxylic acids is 1. The summed E-state index contributed by atoms with van der Waals surface area (Å²) in [4.78, 5) is 12.5. The first-order chi connectivity index (χ1) is 14.9. The average Bonchev–Trinajstić information content (AvgIpc) is 2.73. The zero-order chi connectivity index (χ0) is 22.6. The highest BCUT2D eigenvalue weighted by Crippen LogP contribution is 2.26. The Morgan fingerprint density at radius 3 is 2.48 bits per heavy atom. The second kappa shape index (κ2) is 13.1. The second-order valence-corrected chi connectivity index (χ2v) is 8.50. The zero-order valence-corrected chi connectivity index (χ0v) is 20.4. The molecule has 7 heteroatoms. The van der Waals surface area contributed by atoms with Crippen LogP contribution in [0.3, 0.4) is 0 Å². The SMILES string of the molecule is C=C(C)COc1ccc(NC(=S)NC(=O)c2ccc(OCCCCCC)c(Br)c2)cc1. The molecule has 166 valence electrons. The number of hydrogen-bond donors (Lipinski definition) is 2. The molecule has 0 aliphatic carbocycles. The van der Waals surface area contributed by atoms with Crippen molar-refractivity contribution in [1.29, 1.82) is 0 Å². The Bertz CT molecular complexity index is 900. The molecular formula is C24H29BrN2O3S. The van der Waals surface area contributed by atoms with Crippen LogP contribution >= 0.6 is 28.1 Å². The van der Waals surface area contributed by atoms with Gasteiger partial charge in [0.25, 0.3) is 5.91 Å². The van der Waals surface area contributed by atoms with Gasteiger partial charge >= 0.3 is 0 Å². The molecule has 31 heavy (non-hydrogen) atoms. The van der Waals surface area contributed by atoms with Gasteiger partial charge in [-0.15, -0.1) is 0 Å². The van der Waals surface area contributed by atoms with Gasteiger partial charge in [-0.25, -0.2) is 0 Å². The number of thiocarbonyl (C=S) groups is 1. The van der Waals surface area contributed by atoms with Crippen LogP contribution in [0.5, 0.6) is 11.5 Å². The molecule has 0 aliphatic heterocycles. The fourth-order valence-corrected chi connectivity index (χ4v) is 3.35. The Hall–Kier alpha value is -2.38. The first-order valence-electron chi connectivity index (χ1n) is 10.3. The standard InChI is InChI=1S/C24H29BrN2O3S/c1-4-5-6-7-14-29-22-13-8-18(15-21(22)25)23(28)27-24(31)26-19-9-11-20(12-10-19)30-16-17(2)3/h8-13,15H,2,4-7,14,16H2,1,3H3,(H2,26,27,28,31). The van der Waals surface area contributed by atoms with Crippen molar-refractivity contribution >= 4 is 44.9 Å². The molecule has 0 aliphatic rings. The van der Waals surface area contributed by atoms with Crippen molar-refractivity contribution in [2.24, 2.45) is 0 Å². The third-order valence-corrected chi connectivity index (χ3v) is 5.10. The lowest BCUT2D eigenvalue weighted by Crippen LogP contribution is -2.34. The van der Waals surface area contributed by atoms with E-state index in [2.05, 4.69) is 40.1 Å². The summed E-state index contributed by atoms with van der Waals surface area (Å²) in [7, 11) is 0. The Balaban J connectivity index is 1.84. The Morgan fingerprint density at radius 2 is 1.84 bits per heavy atom. The lowest BCUT2D eigenvalue weighted by atomic mass is 10.2. The maximum Gasteiger partial charge on any atom is 0.257 e. The van der Waals surface area contributed by atoms with Gasteiger partial charge in [-0.3, -0.25) is 10.1 Å². The number of unbranched alkanes of at least 4 members (excludes halogenated alkanes) is 3. The molecule has 0 unspecified atom stereocenters. The molecular weight excluding hydrogens is 476 g/mol. The predicted octanol–water partition coefficient (Wildman–Crippen LogP) is 6.49. The molecule has 2 aromatic rings. The summed E-state index contributed by atoms with van der Waals surface area (Å²) in [5.74, 6) is 1.16. The van der Waals surface area contributed by atoms with Crippen LogP contribution in [0.15, 0.2) is 59.1 Å². The maximum atomic E-state index is 12.5. The molecule has 0 aromatic heterocycles. The Morgan fingerprint density at radius 1 is 1.10 bits per heavy atom. The number of benzene rings is 2. The van der Waals surface area contributed by atoms with E-state index in [4.69, 9.17) is 21.7 Å². The molecule has 1 amide bonds. The molecule has 5 nitrogen and oxygen atoms in total. The van der Waals surface area contributed by atoms with Crippen LogP contribution in [0.1, 0.15) is 49.9 Å². The van der Waals surface area contributed by atoms with E-state index in [1.165, 1.54) is 12.8 Å². The van der Waals surface area contributed by atoms with E-state index < -0.39 is 0 Å². The molecule has 0 radical (unpaired) electrons. The van der Waals surface area contributed by atoms with E-state index in [-0.39, 0.29) is 11.0 Å². The summed E-state index contributed by atoms with van der Waals surface area (Å²) >= 11 is 8.73. The quantitative estimate of drug-likeness (QED) is 0.208. The number of rotatable bonds is 11. The molecule has 2 rings (SSSR count). The molecule has 2 aromatic carbocycles. The van der Waals surface area contributed by atoms with Crippen LogP contribution in [-0.4, -0.2) is 24.2 Å². The third kappa shape index (κ3) is 9.11. The highest BCUT2D eigenvalue weighted by molar-refractivity contribution is 9.10. The topological polar surface area (TPSA) is 59.6 Å². The number of carbonyl (C=O) groups is 1. The highest BCUT2D eigenvalue weighted by Gasteiger charge is 2.11. The van der Waals surface area contributed by atoms with E-state index >= 15 is 0 Å². The summed E-state index contributed by atoms with van der Waals surface area (Å²) in [6, 6.07) is 12.6. The minimum absolute atomic E-state index is 0.216. The molecule has 0 spiro atoms. The minimum Gasteiger partial charge on any atom is -0.492 e. The molecule has 0 bridgehead atoms. The summed E-state index contributed by atoms with van der Waals surface area (Å²) in [5, 5.41) is 5.90. The number of nitrogens with one attached hydrogen (secondary N) is 2. The summed E-state index contributed by atoms with van der Waals surface area (Å²) in [5.41, 5.74) is 2.18. The van der Waals surface area contributed by atoms with Gasteiger partial charge in [-0.05, 0) is 89.5 Å². The fraction of sp³-hybridized carbons (Fsp3) is 0.333. The first-order valence-corrected chi connectivity index (χ1v) is 11.5. The van der Waals surface area contributed by atoms with Gasteiger partial charge in [0.05, 0.1) is 11.1 Å². The van der Waals surface area contributed by atoms with Crippen molar-refractivity contribution in [2.75, 3.05) is 18.5 Å². The molecule has 2 N–H and O–H groups in total. The normalized spacial score (nSPS) is 10.3. The fourth-order valence-electron chi connectivity index (χ4n) is 2.65. The molecule has 0 heterocycles. The van der Waals surface area contributed by atoms with Crippen LogP contribution in [-0.2, 0) is 0 Å². The van der Waals surface area contributed by atoms with Crippen LogP contribution in [0.25, 0.3) is 0 Å². The van der Waals surface area contributed by atoms with Crippen molar-refractivity contribution < 1.29 is 14.3 Å². The highest BCUT2D eigenvalue weighted by atomic mass is 79.9. The lowest BCUT2D eigenvalue weighted by Gasteiger charge is -2.12. The van der Waals surface area contributed by atoms with Gasteiger partial charge in [0.2, 0.25) is 0 Å². The minimum atomic E-state index is -0.297. The van der Waals surface area contributed by atoms with Crippen molar-refractivity contribution in [3.8, 4) is 11.5 Å². The van der Waals surface area contributed by atoms with Gasteiger partial charge in [0, 0.05) is 11.3 Å². The van der Waals surface area contributed by atoms with Crippen molar-refractivity contribution in [1.82, 2.24) is 5.32 Å². The maximum absolute atomic E-state index is 12.5. The van der Waals surface area contributed by atoms with Crippen LogP contribution in [0.4, 0.5) is 5.69 Å². The van der Waals surface area contributed by atoms with Gasteiger partial charge in [-0.2, -0.15) is 0 Å². The molecule has 0 saturated heterocycles. The number of hydrogen-bond acceptors (Lipinski definition) is 4. The summed E-state index contributed by atoms with van der Waals surface area (Å²) in [6.07, 6.45) is 4.58. The Kier molecular flexibility index (Phi) is 10.5. The summed E-state index contributed by atoms with van der Waals surface area (Å²) in [6.45, 7) is 9.03. The van der Waals surface area contributed by atoms with Gasteiger partial charge in [0.15, 0.2) is 5.11 Å². The smallest absolute Gasteiger partial charge is 0.257 e. The number of anilines is 1. The number of amides is 1. The average molecular weight is 505 g/mol. The van der Waals surface area contributed by atoms with E-state index in [1.54, 1.807) is 18.2 Å². The van der Waals surface area contributed by atoms with Crippen molar-refractivity contribution in [3.63, 3.8) is 0 Å². The van der Waals surface area contributed by atoms with E-state index in [0.717, 1.165) is 40.1 Å². The third-order valence-electron chi connectivity index (χ3n) is 4.27. The van der Waals surface area contributed by atoms with Crippen LogP contribution < -0.4 is 20.1 Å². The van der Waals surface area contributed by atoms with Crippen molar-refractivity contribution in [3.05, 3.63) is 64.7 Å². The largest absolute Gasteiger partial charge is 0.492 e. The van der Waals surface area contributed by atoms with Gasteiger partial charge in [0.1, 0.15) is 18.1 Å². The Labute approximate surface area is 198 Å². The van der Waals surface area contributed by atoms with E-state index in [0.29, 0.717) is 18.8 Å². The van der Waals surface area contributed by atoms with Crippen LogP contribution in [0, 0.1) is 0 Å². The monoisotopic (exact) mass is 504 g/mol. The second-order valence-electron chi connectivity index (χ2n) is 7.23.